The van der Waals surface area contributed by atoms with Gasteiger partial charge < -0.3 is 114 Å². The van der Waals surface area contributed by atoms with Crippen LogP contribution in [0.1, 0.15) is 163 Å². The van der Waals surface area contributed by atoms with Gasteiger partial charge in [0.15, 0.2) is 0 Å². The predicted octanol–water partition coefficient (Wildman–Crippen LogP) is -4.06. The van der Waals surface area contributed by atoms with E-state index >= 15 is 0 Å². The summed E-state index contributed by atoms with van der Waals surface area (Å²) >= 11 is 1.32. The number of carboxylic acid groups (broad SMARTS) is 2. The Bertz CT molecular complexity index is 2950. The Morgan fingerprint density at radius 1 is 0.413 bits per heavy atom. The minimum absolute atomic E-state index is 0.0145. The molecule has 37 heteroatoms. The number of rotatable bonds is 55. The van der Waals surface area contributed by atoms with E-state index < -0.39 is 187 Å². The first-order chi connectivity index (χ1) is 49.1. The number of hydrogen-bond acceptors (Lipinski definition) is 22. The molecule has 0 radical (unpaired) electrons. The van der Waals surface area contributed by atoms with Crippen molar-refractivity contribution < 1.29 is 87.2 Å². The maximum Gasteiger partial charge on any atom is 0.326 e. The maximum atomic E-state index is 14.5. The summed E-state index contributed by atoms with van der Waals surface area (Å²) in [6.45, 7) is 9.94. The van der Waals surface area contributed by atoms with E-state index in [0.717, 1.165) is 0 Å². The molecule has 0 saturated heterocycles. The van der Waals surface area contributed by atoms with Crippen molar-refractivity contribution in [1.29, 1.82) is 0 Å². The number of aliphatic carboxylic acids is 2. The average molecular weight is 1490 g/mol. The molecule has 12 atom stereocenters. The molecule has 0 saturated carbocycles. The van der Waals surface area contributed by atoms with Crippen molar-refractivity contribution in [3.05, 3.63) is 29.8 Å². The molecule has 1 aromatic rings. The lowest BCUT2D eigenvalue weighted by Crippen LogP contribution is -2.60. The van der Waals surface area contributed by atoms with E-state index in [9.17, 15) is 87.2 Å². The van der Waals surface area contributed by atoms with E-state index in [4.69, 9.17) is 34.4 Å². The van der Waals surface area contributed by atoms with E-state index in [1.807, 2.05) is 13.8 Å². The first-order valence-electron chi connectivity index (χ1n) is 35.3. The molecule has 0 bridgehead atoms. The van der Waals surface area contributed by atoms with Crippen molar-refractivity contribution in [2.45, 2.75) is 236 Å². The lowest BCUT2D eigenvalue weighted by Gasteiger charge is -2.27. The molecule has 0 aliphatic carbocycles. The largest absolute Gasteiger partial charge is 0.508 e. The van der Waals surface area contributed by atoms with Crippen LogP contribution in [0.25, 0.3) is 0 Å². The van der Waals surface area contributed by atoms with Crippen molar-refractivity contribution in [2.75, 3.05) is 44.7 Å². The van der Waals surface area contributed by atoms with Gasteiger partial charge in [0, 0.05) is 12.8 Å². The Labute approximate surface area is 611 Å². The van der Waals surface area contributed by atoms with Crippen LogP contribution < -0.4 is 98.2 Å². The number of unbranched alkanes of at least 4 members (excludes halogenated alkanes) is 4. The molecule has 0 spiro atoms. The quantitative estimate of drug-likeness (QED) is 0.0276. The van der Waals surface area contributed by atoms with E-state index in [2.05, 4.69) is 63.8 Å². The molecule has 0 aliphatic heterocycles. The van der Waals surface area contributed by atoms with Gasteiger partial charge in [-0.3, -0.25) is 67.1 Å². The number of hydrogen-bond donors (Lipinski definition) is 21. The smallest absolute Gasteiger partial charge is 0.326 e. The molecule has 13 amide bonds. The summed E-state index contributed by atoms with van der Waals surface area (Å²) in [5.41, 5.74) is 34.7. The van der Waals surface area contributed by atoms with E-state index in [1.54, 1.807) is 20.1 Å². The summed E-state index contributed by atoms with van der Waals surface area (Å²) in [4.78, 5) is 203. The van der Waals surface area contributed by atoms with Gasteiger partial charge in [0.05, 0.1) is 19.0 Å². The Morgan fingerprint density at radius 3 is 1.21 bits per heavy atom. The van der Waals surface area contributed by atoms with Crippen LogP contribution in [0.15, 0.2) is 24.3 Å². The highest BCUT2D eigenvalue weighted by atomic mass is 32.2. The third kappa shape index (κ3) is 38.7. The summed E-state index contributed by atoms with van der Waals surface area (Å²) in [7, 11) is 0. The molecule has 27 N–H and O–H groups in total. The van der Waals surface area contributed by atoms with Crippen LogP contribution in [0.5, 0.6) is 5.75 Å². The molecule has 0 aromatic heterocycles. The van der Waals surface area contributed by atoms with Gasteiger partial charge in [-0.25, -0.2) is 4.79 Å². The molecule has 0 heterocycles. The summed E-state index contributed by atoms with van der Waals surface area (Å²) in [6, 6.07) is -10.9. The van der Waals surface area contributed by atoms with Crippen molar-refractivity contribution in [1.82, 2.24) is 63.8 Å². The molecule has 104 heavy (non-hydrogen) atoms. The highest BCUT2D eigenvalue weighted by Crippen LogP contribution is 2.16. The van der Waals surface area contributed by atoms with Gasteiger partial charge in [-0.05, 0) is 184 Å². The van der Waals surface area contributed by atoms with Crippen LogP contribution in [-0.2, 0) is 78.3 Å². The van der Waals surface area contributed by atoms with Crippen LogP contribution >= 0.6 is 11.8 Å². The second kappa shape index (κ2) is 51.4. The van der Waals surface area contributed by atoms with Gasteiger partial charge >= 0.3 is 11.9 Å². The van der Waals surface area contributed by atoms with Crippen molar-refractivity contribution in [3.63, 3.8) is 0 Å². The van der Waals surface area contributed by atoms with Gasteiger partial charge in [0.25, 0.3) is 0 Å². The lowest BCUT2D eigenvalue weighted by molar-refractivity contribution is -0.142. The number of carbonyl (C=O) groups is 15. The van der Waals surface area contributed by atoms with Crippen LogP contribution in [0.3, 0.4) is 0 Å². The van der Waals surface area contributed by atoms with Gasteiger partial charge in [0.2, 0.25) is 76.8 Å². The Hall–Kier alpha value is -8.78. The van der Waals surface area contributed by atoms with Crippen LogP contribution in [0.4, 0.5) is 0 Å². The first-order valence-corrected chi connectivity index (χ1v) is 36.7. The lowest BCUT2D eigenvalue weighted by atomic mass is 10.00. The monoisotopic (exact) mass is 1490 g/mol. The van der Waals surface area contributed by atoms with Gasteiger partial charge in [-0.2, -0.15) is 11.8 Å². The molecule has 36 nitrogen and oxygen atoms in total. The van der Waals surface area contributed by atoms with Gasteiger partial charge in [0.1, 0.15) is 72.2 Å². The first kappa shape index (κ1) is 93.2. The minimum atomic E-state index is -1.75. The summed E-state index contributed by atoms with van der Waals surface area (Å²) in [5.74, 6) is -14.5. The number of carbonyl (C=O) groups excluding carboxylic acids is 13. The number of benzene rings is 1. The number of nitrogens with two attached hydrogens (primary N) is 6. The number of phenolic OH excluding ortho intramolecular Hbond substituents is 1. The molecular weight excluding hydrogens is 1380 g/mol. The van der Waals surface area contributed by atoms with E-state index in [-0.39, 0.29) is 95.0 Å². The fraction of sp³-hybridized carbons (Fsp3) is 0.687. The zero-order valence-electron chi connectivity index (χ0n) is 60.9. The maximum absolute atomic E-state index is 14.5. The Balaban J connectivity index is 3.52. The number of aromatic hydroxyl groups is 1. The Morgan fingerprint density at radius 2 is 0.779 bits per heavy atom. The van der Waals surface area contributed by atoms with Crippen molar-refractivity contribution in [2.24, 2.45) is 46.2 Å². The number of amides is 13. The number of thioether (sulfide) groups is 1. The number of nitrogens with one attached hydrogen (secondary N) is 12. The third-order valence-electron chi connectivity index (χ3n) is 16.2. The van der Waals surface area contributed by atoms with Crippen LogP contribution in [-0.4, -0.2) is 221 Å². The predicted molar refractivity (Wildman–Crippen MR) is 387 cm³/mol. The zero-order chi connectivity index (χ0) is 78.6. The zero-order valence-corrected chi connectivity index (χ0v) is 61.7. The topological polar surface area (TPSA) is 617 Å². The second-order valence-electron chi connectivity index (χ2n) is 26.4. The van der Waals surface area contributed by atoms with E-state index in [1.165, 1.54) is 49.9 Å². The summed E-state index contributed by atoms with van der Waals surface area (Å²) in [6.07, 6.45) is 2.58. The van der Waals surface area contributed by atoms with E-state index in [0.29, 0.717) is 62.8 Å². The normalized spacial score (nSPS) is 14.6. The number of primary amides is 1. The third-order valence-corrected chi connectivity index (χ3v) is 16.9. The van der Waals surface area contributed by atoms with Crippen molar-refractivity contribution in [3.8, 4) is 5.75 Å². The molecule has 588 valence electrons. The van der Waals surface area contributed by atoms with Crippen molar-refractivity contribution >= 4 is 100 Å². The van der Waals surface area contributed by atoms with Gasteiger partial charge in [-0.15, -0.1) is 0 Å². The molecule has 0 unspecified atom stereocenters. The fourth-order valence-corrected chi connectivity index (χ4v) is 10.9. The fourth-order valence-electron chi connectivity index (χ4n) is 10.4. The summed E-state index contributed by atoms with van der Waals surface area (Å²) < 4.78 is 0. The van der Waals surface area contributed by atoms with Crippen LogP contribution in [0, 0.1) is 11.8 Å². The average Bonchev–Trinajstić information content (AvgIpc) is 1.13. The summed E-state index contributed by atoms with van der Waals surface area (Å²) in [5, 5.41) is 59.7. The minimum Gasteiger partial charge on any atom is -0.508 e. The van der Waals surface area contributed by atoms with Gasteiger partial charge in [-0.1, -0.05) is 39.8 Å². The molecule has 0 fully saturated rings. The molecule has 1 aromatic carbocycles. The molecule has 0 aliphatic rings. The second-order valence-corrected chi connectivity index (χ2v) is 27.4. The highest BCUT2D eigenvalue weighted by Gasteiger charge is 2.36. The SMILES string of the molecule is CSCC[C@H](NC(=O)[C@H](C)NC(=O)[C@@H](N)CC(C)C)C(=O)N[C@@H](CC(N)=O)C(=O)N[C@@H](CCCCN)C(=O)N[C@@H](CCC(=O)O)C(=O)NCC(=O)N[C@@H](CCCCN)C(=O)N[C@@H](CC(C)C)C(=O)N[C@@H](Cc1ccc(O)cc1)C(=O)N[C@@H](C)C(=O)N[C@@H](CCCCN)C(=O)N[C@@H](CCCCN)C(=O)O. The highest BCUT2D eigenvalue weighted by molar-refractivity contribution is 7.98. The Kier molecular flexibility index (Phi) is 46.1. The molecular formula is C67H116N18O18S. The standard InChI is InChI=1S/C67H116N18O18S/c1-37(2)32-43(72)58(93)75-39(5)56(91)79-48(26-31-104-7)63(98)85-52(35-53(73)87)66(101)80-46(18-10-14-29-70)61(96)81-47(24-25-55(89)90)59(94)74-36-54(88)77-44(16-8-12-27-68)60(95)83-50(33-38(3)4)65(100)84-51(34-41-20-22-42(86)23-21-41)64(99)76-40(6)57(92)78-45(17-9-13-28-69)62(97)82-49(67(102)103)19-11-15-30-71/h20-23,37-40,43-52,86H,8-19,24-36,68-72H2,1-7H3,(H2,73,87)(H,74,94)(H,75,93)(H,76,99)(H,77,88)(H,78,92)(H,79,91)(H,80,101)(H,81,96)(H,82,97)(H,83,95)(H,84,100)(H,85,98)(H,89,90)(H,102,103)/t39-,40-,43-,44-,45-,46-,47-,48-,49-,50-,51-,52-/m0/s1. The number of carboxylic acids is 2. The molecule has 1 rings (SSSR count). The van der Waals surface area contributed by atoms with Crippen LogP contribution in [0.2, 0.25) is 0 Å². The number of phenols is 1.